The van der Waals surface area contributed by atoms with Crippen molar-refractivity contribution in [3.63, 3.8) is 0 Å². The summed E-state index contributed by atoms with van der Waals surface area (Å²) in [6.45, 7) is 8.68. The molecule has 1 aliphatic rings. The number of rotatable bonds is 2. The van der Waals surface area contributed by atoms with Crippen LogP contribution in [0.2, 0.25) is 0 Å². The first kappa shape index (κ1) is 14.5. The van der Waals surface area contributed by atoms with Crippen LogP contribution in [0.4, 0.5) is 0 Å². The lowest BCUT2D eigenvalue weighted by atomic mass is 10.0. The van der Waals surface area contributed by atoms with Crippen LogP contribution in [0, 0.1) is 5.41 Å². The van der Waals surface area contributed by atoms with Crippen LogP contribution in [0.1, 0.15) is 59.8 Å². The SMILES string of the molecule is CCC(=NC(=N)Cl)N(C1CCCC1)C(C)(C)C. The Morgan fingerprint density at radius 1 is 1.35 bits per heavy atom. The lowest BCUT2D eigenvalue weighted by molar-refractivity contribution is 0.173. The van der Waals surface area contributed by atoms with Gasteiger partial charge in [-0.1, -0.05) is 19.8 Å². The molecule has 0 aromatic rings. The van der Waals surface area contributed by atoms with Gasteiger partial charge in [0.05, 0.1) is 0 Å². The third-order valence-electron chi connectivity index (χ3n) is 3.23. The molecule has 0 heterocycles. The zero-order valence-electron chi connectivity index (χ0n) is 11.4. The van der Waals surface area contributed by atoms with E-state index < -0.39 is 0 Å². The van der Waals surface area contributed by atoms with Gasteiger partial charge in [-0.25, -0.2) is 4.99 Å². The van der Waals surface area contributed by atoms with Gasteiger partial charge in [-0.05, 0) is 45.2 Å². The van der Waals surface area contributed by atoms with E-state index in [9.17, 15) is 0 Å². The zero-order chi connectivity index (χ0) is 13.1. The molecule has 3 nitrogen and oxygen atoms in total. The number of nitrogens with one attached hydrogen (secondary N) is 1. The van der Waals surface area contributed by atoms with E-state index >= 15 is 0 Å². The van der Waals surface area contributed by atoms with Crippen LogP contribution in [0.15, 0.2) is 4.99 Å². The van der Waals surface area contributed by atoms with Crippen molar-refractivity contribution in [2.45, 2.75) is 71.4 Å². The number of amidine groups is 2. The Morgan fingerprint density at radius 2 is 1.88 bits per heavy atom. The Labute approximate surface area is 110 Å². The summed E-state index contributed by atoms with van der Waals surface area (Å²) in [4.78, 5) is 6.57. The molecule has 0 spiro atoms. The second-order valence-electron chi connectivity index (χ2n) is 5.65. The average molecular weight is 258 g/mol. The fraction of sp³-hybridized carbons (Fsp3) is 0.846. The van der Waals surface area contributed by atoms with Gasteiger partial charge in [0.15, 0.2) is 0 Å². The third kappa shape index (κ3) is 3.98. The minimum atomic E-state index is -0.117. The van der Waals surface area contributed by atoms with Crippen molar-refractivity contribution in [2.24, 2.45) is 4.99 Å². The molecule has 0 unspecified atom stereocenters. The molecule has 0 radical (unpaired) electrons. The Hall–Kier alpha value is -0.570. The van der Waals surface area contributed by atoms with Crippen molar-refractivity contribution in [2.75, 3.05) is 0 Å². The summed E-state index contributed by atoms with van der Waals surface area (Å²) >= 11 is 5.62. The summed E-state index contributed by atoms with van der Waals surface area (Å²) in [5.74, 6) is 0.949. The highest BCUT2D eigenvalue weighted by Gasteiger charge is 2.32. The normalized spacial score (nSPS) is 18.5. The van der Waals surface area contributed by atoms with Crippen LogP contribution >= 0.6 is 11.6 Å². The molecule has 0 aliphatic heterocycles. The van der Waals surface area contributed by atoms with Crippen LogP contribution in [-0.4, -0.2) is 27.6 Å². The quantitative estimate of drug-likeness (QED) is 0.453. The largest absolute Gasteiger partial charge is 0.352 e. The molecule has 0 aromatic carbocycles. The van der Waals surface area contributed by atoms with Gasteiger partial charge >= 0.3 is 0 Å². The Bertz CT molecular complexity index is 298. The highest BCUT2D eigenvalue weighted by Crippen LogP contribution is 2.30. The van der Waals surface area contributed by atoms with Gasteiger partial charge in [0.25, 0.3) is 0 Å². The average Bonchev–Trinajstić information content (AvgIpc) is 2.67. The fourth-order valence-corrected chi connectivity index (χ4v) is 2.82. The molecule has 1 saturated carbocycles. The summed E-state index contributed by atoms with van der Waals surface area (Å²) in [6.07, 6.45) is 5.87. The van der Waals surface area contributed by atoms with E-state index in [1.165, 1.54) is 25.7 Å². The highest BCUT2D eigenvalue weighted by atomic mass is 35.5. The number of halogens is 1. The van der Waals surface area contributed by atoms with Crippen molar-refractivity contribution >= 4 is 22.7 Å². The Morgan fingerprint density at radius 3 is 2.24 bits per heavy atom. The maximum absolute atomic E-state index is 7.35. The number of nitrogens with zero attached hydrogens (tertiary/aromatic N) is 2. The molecular formula is C13H24ClN3. The second-order valence-corrected chi connectivity index (χ2v) is 6.01. The molecule has 1 aliphatic carbocycles. The topological polar surface area (TPSA) is 39.5 Å². The first-order valence-corrected chi connectivity index (χ1v) is 6.85. The van der Waals surface area contributed by atoms with Crippen molar-refractivity contribution in [3.8, 4) is 0 Å². The molecule has 1 rings (SSSR count). The summed E-state index contributed by atoms with van der Waals surface area (Å²) in [6, 6.07) is 0.560. The maximum Gasteiger partial charge on any atom is 0.216 e. The van der Waals surface area contributed by atoms with Gasteiger partial charge in [0.1, 0.15) is 5.84 Å². The maximum atomic E-state index is 7.35. The second kappa shape index (κ2) is 5.85. The molecular weight excluding hydrogens is 234 g/mol. The minimum Gasteiger partial charge on any atom is -0.352 e. The van der Waals surface area contributed by atoms with Gasteiger partial charge in [-0.2, -0.15) is 0 Å². The minimum absolute atomic E-state index is 0.0379. The number of hydrogen-bond acceptors (Lipinski definition) is 1. The Balaban J connectivity index is 2.99. The van der Waals surface area contributed by atoms with E-state index in [1.54, 1.807) is 0 Å². The first-order chi connectivity index (χ1) is 7.86. The molecule has 0 saturated heterocycles. The predicted octanol–water partition coefficient (Wildman–Crippen LogP) is 4.01. The van der Waals surface area contributed by atoms with Gasteiger partial charge in [-0.15, -0.1) is 0 Å². The first-order valence-electron chi connectivity index (χ1n) is 6.47. The van der Waals surface area contributed by atoms with E-state index in [0.717, 1.165) is 12.3 Å². The smallest absolute Gasteiger partial charge is 0.216 e. The van der Waals surface area contributed by atoms with Gasteiger partial charge in [0, 0.05) is 18.0 Å². The molecule has 1 N–H and O–H groups in total. The van der Waals surface area contributed by atoms with E-state index in [2.05, 4.69) is 37.6 Å². The van der Waals surface area contributed by atoms with Crippen molar-refractivity contribution < 1.29 is 0 Å². The van der Waals surface area contributed by atoms with Gasteiger partial charge in [-0.3, -0.25) is 5.41 Å². The van der Waals surface area contributed by atoms with Crippen LogP contribution in [0.3, 0.4) is 0 Å². The highest BCUT2D eigenvalue weighted by molar-refractivity contribution is 6.64. The monoisotopic (exact) mass is 257 g/mol. The summed E-state index contributed by atoms with van der Waals surface area (Å²) in [5.41, 5.74) is 0.0379. The summed E-state index contributed by atoms with van der Waals surface area (Å²) < 4.78 is 0. The lowest BCUT2D eigenvalue weighted by Crippen LogP contribution is -2.50. The van der Waals surface area contributed by atoms with E-state index in [-0.39, 0.29) is 10.8 Å². The number of aliphatic imine (C=N–C) groups is 1. The van der Waals surface area contributed by atoms with E-state index in [4.69, 9.17) is 17.0 Å². The lowest BCUT2D eigenvalue weighted by Gasteiger charge is -2.42. The van der Waals surface area contributed by atoms with Crippen LogP contribution < -0.4 is 0 Å². The van der Waals surface area contributed by atoms with Crippen molar-refractivity contribution in [3.05, 3.63) is 0 Å². The predicted molar refractivity (Wildman–Crippen MR) is 75.2 cm³/mol. The molecule has 0 aromatic heterocycles. The molecule has 0 atom stereocenters. The molecule has 1 fully saturated rings. The van der Waals surface area contributed by atoms with Crippen LogP contribution in [0.25, 0.3) is 0 Å². The van der Waals surface area contributed by atoms with Crippen molar-refractivity contribution in [1.29, 1.82) is 5.41 Å². The molecule has 98 valence electrons. The molecule has 0 bridgehead atoms. The molecule has 4 heteroatoms. The molecule has 17 heavy (non-hydrogen) atoms. The number of hydrogen-bond donors (Lipinski definition) is 1. The van der Waals surface area contributed by atoms with Gasteiger partial charge < -0.3 is 4.90 Å². The van der Waals surface area contributed by atoms with Crippen molar-refractivity contribution in [1.82, 2.24) is 4.90 Å². The summed E-state index contributed by atoms with van der Waals surface area (Å²) in [7, 11) is 0. The van der Waals surface area contributed by atoms with Crippen LogP contribution in [0.5, 0.6) is 0 Å². The van der Waals surface area contributed by atoms with Crippen LogP contribution in [-0.2, 0) is 0 Å². The summed E-state index contributed by atoms with van der Waals surface area (Å²) in [5, 5.41) is 7.23. The van der Waals surface area contributed by atoms with E-state index in [1.807, 2.05) is 0 Å². The zero-order valence-corrected chi connectivity index (χ0v) is 12.1. The van der Waals surface area contributed by atoms with Gasteiger partial charge in [0.2, 0.25) is 5.29 Å². The Kier molecular flexibility index (Phi) is 4.99. The fourth-order valence-electron chi connectivity index (χ4n) is 2.72. The van der Waals surface area contributed by atoms with E-state index in [0.29, 0.717) is 6.04 Å². The third-order valence-corrected chi connectivity index (χ3v) is 3.32. The molecule has 0 amide bonds. The standard InChI is InChI=1S/C13H24ClN3/c1-5-11(16-12(14)15)17(13(2,3)4)10-8-6-7-9-10/h10,15H,5-9H2,1-4H3.